The number of ether oxygens (including phenoxy) is 1. The van der Waals surface area contributed by atoms with Gasteiger partial charge in [0.05, 0.1) is 16.1 Å². The van der Waals surface area contributed by atoms with E-state index in [9.17, 15) is 8.42 Å². The zero-order chi connectivity index (χ0) is 13.8. The van der Waals surface area contributed by atoms with Crippen LogP contribution < -0.4 is 4.74 Å². The number of hydrogen-bond donors (Lipinski definition) is 0. The monoisotopic (exact) mass is 267 g/mol. The molecule has 1 rings (SSSR count). The lowest BCUT2D eigenvalue weighted by molar-refractivity contribution is 0.339. The van der Waals surface area contributed by atoms with Crippen LogP contribution >= 0.6 is 0 Å². The molecule has 0 atom stereocenters. The number of para-hydroxylation sites is 1. The SMILES string of the molecule is CC(C)(C)S(=O)(=O)CCOc1ccccc1C#N. The normalized spacial score (nSPS) is 11.9. The van der Waals surface area contributed by atoms with Crippen molar-refractivity contribution < 1.29 is 13.2 Å². The first-order valence-corrected chi connectivity index (χ1v) is 7.27. The molecule has 0 radical (unpaired) electrons. The van der Waals surface area contributed by atoms with Crippen LogP contribution in [0.25, 0.3) is 0 Å². The summed E-state index contributed by atoms with van der Waals surface area (Å²) in [6.45, 7) is 5.03. The smallest absolute Gasteiger partial charge is 0.158 e. The van der Waals surface area contributed by atoms with Crippen LogP contribution in [0, 0.1) is 11.3 Å². The van der Waals surface area contributed by atoms with Gasteiger partial charge in [0.25, 0.3) is 0 Å². The average Bonchev–Trinajstić information content (AvgIpc) is 2.28. The minimum atomic E-state index is -3.20. The maximum absolute atomic E-state index is 11.9. The summed E-state index contributed by atoms with van der Waals surface area (Å²) >= 11 is 0. The molecular weight excluding hydrogens is 250 g/mol. The Hall–Kier alpha value is -1.54. The molecule has 0 heterocycles. The van der Waals surface area contributed by atoms with Crippen molar-refractivity contribution in [2.45, 2.75) is 25.5 Å². The van der Waals surface area contributed by atoms with Crippen molar-refractivity contribution in [2.24, 2.45) is 0 Å². The van der Waals surface area contributed by atoms with Crippen LogP contribution in [0.3, 0.4) is 0 Å². The summed E-state index contributed by atoms with van der Waals surface area (Å²) in [5, 5.41) is 8.86. The highest BCUT2D eigenvalue weighted by molar-refractivity contribution is 7.92. The Bertz CT molecular complexity index is 550. The maximum Gasteiger partial charge on any atom is 0.158 e. The Morgan fingerprint density at radius 3 is 2.44 bits per heavy atom. The molecule has 1 aromatic rings. The topological polar surface area (TPSA) is 67.2 Å². The number of nitrogens with zero attached hydrogens (tertiary/aromatic N) is 1. The van der Waals surface area contributed by atoms with E-state index in [1.54, 1.807) is 45.0 Å². The van der Waals surface area contributed by atoms with Gasteiger partial charge in [-0.15, -0.1) is 0 Å². The van der Waals surface area contributed by atoms with Gasteiger partial charge in [-0.2, -0.15) is 5.26 Å². The third-order valence-corrected chi connectivity index (χ3v) is 5.12. The van der Waals surface area contributed by atoms with Crippen LogP contribution in [-0.2, 0) is 9.84 Å². The van der Waals surface area contributed by atoms with Gasteiger partial charge in [-0.05, 0) is 32.9 Å². The largest absolute Gasteiger partial charge is 0.491 e. The molecule has 5 heteroatoms. The van der Waals surface area contributed by atoms with Crippen LogP contribution in [-0.4, -0.2) is 25.5 Å². The standard InChI is InChI=1S/C13H17NO3S/c1-13(2,3)18(15,16)9-8-17-12-7-5-4-6-11(12)10-14/h4-7H,8-9H2,1-3H3. The summed E-state index contributed by atoms with van der Waals surface area (Å²) < 4.78 is 28.3. The first-order valence-electron chi connectivity index (χ1n) is 5.62. The number of rotatable bonds is 4. The van der Waals surface area contributed by atoms with Crippen LogP contribution in [0.15, 0.2) is 24.3 Å². The van der Waals surface area contributed by atoms with Crippen molar-refractivity contribution in [2.75, 3.05) is 12.4 Å². The van der Waals surface area contributed by atoms with Crippen LogP contribution in [0.1, 0.15) is 26.3 Å². The van der Waals surface area contributed by atoms with E-state index in [2.05, 4.69) is 0 Å². The Morgan fingerprint density at radius 1 is 1.28 bits per heavy atom. The number of hydrogen-bond acceptors (Lipinski definition) is 4. The van der Waals surface area contributed by atoms with Crippen molar-refractivity contribution in [3.05, 3.63) is 29.8 Å². The lowest BCUT2D eigenvalue weighted by Gasteiger charge is -2.19. The summed E-state index contributed by atoms with van der Waals surface area (Å²) in [5.41, 5.74) is 0.408. The molecule has 0 unspecified atom stereocenters. The lowest BCUT2D eigenvalue weighted by atomic mass is 10.2. The van der Waals surface area contributed by atoms with Crippen LogP contribution in [0.2, 0.25) is 0 Å². The third kappa shape index (κ3) is 3.47. The summed E-state index contributed by atoms with van der Waals surface area (Å²) in [7, 11) is -3.20. The second kappa shape index (κ2) is 5.40. The fourth-order valence-electron chi connectivity index (χ4n) is 1.25. The number of nitriles is 1. The molecule has 0 aliphatic carbocycles. The molecule has 0 bridgehead atoms. The summed E-state index contributed by atoms with van der Waals surface area (Å²) in [4.78, 5) is 0. The maximum atomic E-state index is 11.9. The van der Waals surface area contributed by atoms with Gasteiger partial charge in [-0.3, -0.25) is 0 Å². The van der Waals surface area contributed by atoms with Crippen molar-refractivity contribution in [1.29, 1.82) is 5.26 Å². The van der Waals surface area contributed by atoms with Gasteiger partial charge in [0.1, 0.15) is 18.4 Å². The highest BCUT2D eigenvalue weighted by atomic mass is 32.2. The Kier molecular flexibility index (Phi) is 4.36. The fourth-order valence-corrected chi connectivity index (χ4v) is 2.17. The molecule has 0 saturated heterocycles. The quantitative estimate of drug-likeness (QED) is 0.838. The molecule has 0 saturated carbocycles. The molecule has 4 nitrogen and oxygen atoms in total. The highest BCUT2D eigenvalue weighted by Crippen LogP contribution is 2.18. The first kappa shape index (κ1) is 14.5. The summed E-state index contributed by atoms with van der Waals surface area (Å²) in [6.07, 6.45) is 0. The minimum absolute atomic E-state index is 0.0539. The molecule has 18 heavy (non-hydrogen) atoms. The van der Waals surface area contributed by atoms with E-state index in [-0.39, 0.29) is 12.4 Å². The van der Waals surface area contributed by atoms with Crippen molar-refractivity contribution in [3.8, 4) is 11.8 Å². The van der Waals surface area contributed by atoms with Gasteiger partial charge in [0.2, 0.25) is 0 Å². The second-order valence-electron chi connectivity index (χ2n) is 4.89. The predicted octanol–water partition coefficient (Wildman–Crippen LogP) is 2.15. The van der Waals surface area contributed by atoms with E-state index in [0.29, 0.717) is 11.3 Å². The fraction of sp³-hybridized carbons (Fsp3) is 0.462. The zero-order valence-electron chi connectivity index (χ0n) is 10.8. The van der Waals surface area contributed by atoms with E-state index in [0.717, 1.165) is 0 Å². The van der Waals surface area contributed by atoms with Crippen molar-refractivity contribution >= 4 is 9.84 Å². The molecule has 0 N–H and O–H groups in total. The zero-order valence-corrected chi connectivity index (χ0v) is 11.6. The van der Waals surface area contributed by atoms with E-state index >= 15 is 0 Å². The lowest BCUT2D eigenvalue weighted by Crippen LogP contribution is -2.32. The minimum Gasteiger partial charge on any atom is -0.491 e. The number of benzene rings is 1. The van der Waals surface area contributed by atoms with Gasteiger partial charge in [0, 0.05) is 0 Å². The van der Waals surface area contributed by atoms with Gasteiger partial charge >= 0.3 is 0 Å². The number of sulfone groups is 1. The molecular formula is C13H17NO3S. The van der Waals surface area contributed by atoms with Crippen LogP contribution in [0.5, 0.6) is 5.75 Å². The first-order chi connectivity index (χ1) is 8.28. The van der Waals surface area contributed by atoms with Gasteiger partial charge in [-0.25, -0.2) is 8.42 Å². The van der Waals surface area contributed by atoms with Gasteiger partial charge in [0.15, 0.2) is 9.84 Å². The molecule has 1 aromatic carbocycles. The predicted molar refractivity (Wildman–Crippen MR) is 70.2 cm³/mol. The Balaban J connectivity index is 2.66. The van der Waals surface area contributed by atoms with Crippen molar-refractivity contribution in [1.82, 2.24) is 0 Å². The molecule has 0 aliphatic heterocycles. The van der Waals surface area contributed by atoms with E-state index < -0.39 is 14.6 Å². The van der Waals surface area contributed by atoms with Crippen LogP contribution in [0.4, 0.5) is 0 Å². The Morgan fingerprint density at radius 2 is 1.89 bits per heavy atom. The third-order valence-electron chi connectivity index (χ3n) is 2.55. The highest BCUT2D eigenvalue weighted by Gasteiger charge is 2.28. The Labute approximate surface area is 108 Å². The van der Waals surface area contributed by atoms with E-state index in [4.69, 9.17) is 10.00 Å². The summed E-state index contributed by atoms with van der Waals surface area (Å²) in [6, 6.07) is 8.76. The van der Waals surface area contributed by atoms with Crippen molar-refractivity contribution in [3.63, 3.8) is 0 Å². The molecule has 0 fully saturated rings. The van der Waals surface area contributed by atoms with E-state index in [1.165, 1.54) is 0 Å². The second-order valence-corrected chi connectivity index (χ2v) is 7.75. The van der Waals surface area contributed by atoms with E-state index in [1.807, 2.05) is 6.07 Å². The molecule has 0 aliphatic rings. The molecule has 0 spiro atoms. The summed E-state index contributed by atoms with van der Waals surface area (Å²) in [5.74, 6) is 0.361. The molecule has 98 valence electrons. The molecule has 0 aromatic heterocycles. The molecule has 0 amide bonds. The van der Waals surface area contributed by atoms with Gasteiger partial charge in [-0.1, -0.05) is 12.1 Å². The average molecular weight is 267 g/mol. The van der Waals surface area contributed by atoms with Gasteiger partial charge < -0.3 is 4.74 Å².